The van der Waals surface area contributed by atoms with Crippen LogP contribution in [0.1, 0.15) is 31.2 Å². The van der Waals surface area contributed by atoms with Gasteiger partial charge in [-0.3, -0.25) is 4.79 Å². The molecule has 1 fully saturated rings. The van der Waals surface area contributed by atoms with Gasteiger partial charge in [-0.05, 0) is 30.9 Å². The highest BCUT2D eigenvalue weighted by Gasteiger charge is 2.24. The van der Waals surface area contributed by atoms with Crippen molar-refractivity contribution in [3.05, 3.63) is 36.0 Å². The first-order valence-electron chi connectivity index (χ1n) is 8.41. The molecule has 1 aromatic carbocycles. The summed E-state index contributed by atoms with van der Waals surface area (Å²) >= 11 is 0. The third kappa shape index (κ3) is 3.74. The van der Waals surface area contributed by atoms with Crippen molar-refractivity contribution in [1.82, 2.24) is 10.3 Å². The SMILES string of the molecule is N[C@@H](Cc1c[nH]c2ccccc12)C(=O)NCC1CCCCC1O. The van der Waals surface area contributed by atoms with Crippen LogP contribution in [0.4, 0.5) is 0 Å². The lowest BCUT2D eigenvalue weighted by molar-refractivity contribution is -0.122. The monoisotopic (exact) mass is 315 g/mol. The molecule has 1 amide bonds. The molecule has 0 radical (unpaired) electrons. The minimum Gasteiger partial charge on any atom is -0.393 e. The molecule has 1 heterocycles. The number of aliphatic hydroxyl groups is 1. The standard InChI is InChI=1S/C18H25N3O2/c19-15(9-13-11-20-16-7-3-2-6-14(13)16)18(23)21-10-12-5-1-4-8-17(12)22/h2-3,6-7,11-12,15,17,20,22H,1,4-5,8-10,19H2,(H,21,23)/t12?,15-,17?/m0/s1. The highest BCUT2D eigenvalue weighted by molar-refractivity contribution is 5.86. The predicted molar refractivity (Wildman–Crippen MR) is 91.0 cm³/mol. The van der Waals surface area contributed by atoms with E-state index < -0.39 is 6.04 Å². The number of benzene rings is 1. The van der Waals surface area contributed by atoms with Crippen LogP contribution in [0.15, 0.2) is 30.5 Å². The Kier molecular flexibility index (Phi) is 4.98. The second-order valence-corrected chi connectivity index (χ2v) is 6.53. The number of hydrogen-bond donors (Lipinski definition) is 4. The van der Waals surface area contributed by atoms with Crippen LogP contribution in [0, 0.1) is 5.92 Å². The van der Waals surface area contributed by atoms with Crippen molar-refractivity contribution in [2.24, 2.45) is 11.7 Å². The molecule has 124 valence electrons. The van der Waals surface area contributed by atoms with Crippen LogP contribution in [0.3, 0.4) is 0 Å². The zero-order chi connectivity index (χ0) is 16.2. The predicted octanol–water partition coefficient (Wildman–Crippen LogP) is 1.71. The van der Waals surface area contributed by atoms with E-state index in [1.54, 1.807) is 0 Å². The molecule has 1 aliphatic rings. The van der Waals surface area contributed by atoms with E-state index in [1.165, 1.54) is 0 Å². The maximum atomic E-state index is 12.2. The third-order valence-corrected chi connectivity index (χ3v) is 4.86. The molecule has 1 aliphatic carbocycles. The molecular weight excluding hydrogens is 290 g/mol. The normalized spacial score (nSPS) is 22.9. The van der Waals surface area contributed by atoms with Crippen molar-refractivity contribution < 1.29 is 9.90 Å². The van der Waals surface area contributed by atoms with Crippen LogP contribution >= 0.6 is 0 Å². The molecule has 2 aromatic rings. The second-order valence-electron chi connectivity index (χ2n) is 6.53. The van der Waals surface area contributed by atoms with Gasteiger partial charge in [-0.2, -0.15) is 0 Å². The van der Waals surface area contributed by atoms with E-state index in [9.17, 15) is 9.90 Å². The topological polar surface area (TPSA) is 91.1 Å². The molecule has 5 heteroatoms. The Labute approximate surface area is 136 Å². The van der Waals surface area contributed by atoms with E-state index in [1.807, 2.05) is 30.5 Å². The van der Waals surface area contributed by atoms with Crippen LogP contribution in [-0.2, 0) is 11.2 Å². The van der Waals surface area contributed by atoms with Gasteiger partial charge in [0.2, 0.25) is 5.91 Å². The number of nitrogens with one attached hydrogen (secondary N) is 2. The number of nitrogens with two attached hydrogens (primary N) is 1. The van der Waals surface area contributed by atoms with Gasteiger partial charge < -0.3 is 21.1 Å². The van der Waals surface area contributed by atoms with E-state index in [-0.39, 0.29) is 17.9 Å². The fourth-order valence-corrected chi connectivity index (χ4v) is 3.42. The summed E-state index contributed by atoms with van der Waals surface area (Å²) in [6.07, 6.45) is 6.13. The van der Waals surface area contributed by atoms with Gasteiger partial charge in [-0.15, -0.1) is 0 Å². The first-order chi connectivity index (χ1) is 11.1. The number of rotatable bonds is 5. The number of fused-ring (bicyclic) bond motifs is 1. The number of para-hydroxylation sites is 1. The van der Waals surface area contributed by atoms with Gasteiger partial charge in [0.05, 0.1) is 12.1 Å². The summed E-state index contributed by atoms with van der Waals surface area (Å²) < 4.78 is 0. The molecule has 0 aliphatic heterocycles. The number of H-pyrrole nitrogens is 1. The lowest BCUT2D eigenvalue weighted by Crippen LogP contribution is -2.45. The van der Waals surface area contributed by atoms with Gasteiger partial charge >= 0.3 is 0 Å². The molecule has 5 nitrogen and oxygen atoms in total. The highest BCUT2D eigenvalue weighted by Crippen LogP contribution is 2.23. The fourth-order valence-electron chi connectivity index (χ4n) is 3.42. The van der Waals surface area contributed by atoms with E-state index in [2.05, 4.69) is 10.3 Å². The van der Waals surface area contributed by atoms with Gasteiger partial charge in [0.25, 0.3) is 0 Å². The quantitative estimate of drug-likeness (QED) is 0.677. The van der Waals surface area contributed by atoms with Crippen molar-refractivity contribution in [3.63, 3.8) is 0 Å². The first kappa shape index (κ1) is 16.0. The number of carbonyl (C=O) groups is 1. The summed E-state index contributed by atoms with van der Waals surface area (Å²) in [6, 6.07) is 7.43. The minimum atomic E-state index is -0.574. The highest BCUT2D eigenvalue weighted by atomic mass is 16.3. The Morgan fingerprint density at radius 2 is 2.13 bits per heavy atom. The molecule has 5 N–H and O–H groups in total. The number of aromatic amines is 1. The summed E-state index contributed by atoms with van der Waals surface area (Å²) in [5.74, 6) is 0.0149. The molecule has 3 atom stereocenters. The zero-order valence-corrected chi connectivity index (χ0v) is 13.3. The maximum absolute atomic E-state index is 12.2. The average molecular weight is 315 g/mol. The van der Waals surface area contributed by atoms with Gasteiger partial charge in [0.1, 0.15) is 0 Å². The fraction of sp³-hybridized carbons (Fsp3) is 0.500. The number of aliphatic hydroxyl groups excluding tert-OH is 1. The van der Waals surface area contributed by atoms with Crippen LogP contribution in [-0.4, -0.2) is 34.7 Å². The summed E-state index contributed by atoms with van der Waals surface area (Å²) in [4.78, 5) is 15.4. The molecule has 2 unspecified atom stereocenters. The first-order valence-corrected chi connectivity index (χ1v) is 8.41. The molecule has 0 bridgehead atoms. The molecule has 0 saturated heterocycles. The van der Waals surface area contributed by atoms with Gasteiger partial charge in [0.15, 0.2) is 0 Å². The van der Waals surface area contributed by atoms with Crippen molar-refractivity contribution in [2.75, 3.05) is 6.54 Å². The van der Waals surface area contributed by atoms with Crippen molar-refractivity contribution in [1.29, 1.82) is 0 Å². The molecule has 3 rings (SSSR count). The number of amides is 1. The summed E-state index contributed by atoms with van der Waals surface area (Å²) in [6.45, 7) is 0.515. The van der Waals surface area contributed by atoms with E-state index >= 15 is 0 Å². The second kappa shape index (κ2) is 7.15. The van der Waals surface area contributed by atoms with Gasteiger partial charge in [0, 0.05) is 29.6 Å². The largest absolute Gasteiger partial charge is 0.393 e. The lowest BCUT2D eigenvalue weighted by atomic mass is 9.86. The molecule has 0 spiro atoms. The van der Waals surface area contributed by atoms with Gasteiger partial charge in [-0.25, -0.2) is 0 Å². The van der Waals surface area contributed by atoms with Gasteiger partial charge in [-0.1, -0.05) is 31.0 Å². The van der Waals surface area contributed by atoms with Crippen molar-refractivity contribution in [3.8, 4) is 0 Å². The van der Waals surface area contributed by atoms with E-state index in [4.69, 9.17) is 5.73 Å². The summed E-state index contributed by atoms with van der Waals surface area (Å²) in [5.41, 5.74) is 8.17. The number of carbonyl (C=O) groups excluding carboxylic acids is 1. The molecule has 23 heavy (non-hydrogen) atoms. The number of hydrogen-bond acceptors (Lipinski definition) is 3. The third-order valence-electron chi connectivity index (χ3n) is 4.86. The zero-order valence-electron chi connectivity index (χ0n) is 13.3. The maximum Gasteiger partial charge on any atom is 0.237 e. The van der Waals surface area contributed by atoms with Crippen LogP contribution < -0.4 is 11.1 Å². The molecule has 1 aromatic heterocycles. The Hall–Kier alpha value is -1.85. The smallest absolute Gasteiger partial charge is 0.237 e. The van der Waals surface area contributed by atoms with Crippen LogP contribution in [0.25, 0.3) is 10.9 Å². The average Bonchev–Trinajstić information content (AvgIpc) is 2.97. The minimum absolute atomic E-state index is 0.145. The Morgan fingerprint density at radius 1 is 1.35 bits per heavy atom. The molecule has 1 saturated carbocycles. The van der Waals surface area contributed by atoms with Crippen molar-refractivity contribution in [2.45, 2.75) is 44.2 Å². The Bertz CT molecular complexity index is 667. The van der Waals surface area contributed by atoms with Crippen LogP contribution in [0.5, 0.6) is 0 Å². The molecular formula is C18H25N3O2. The van der Waals surface area contributed by atoms with Crippen LogP contribution in [0.2, 0.25) is 0 Å². The van der Waals surface area contributed by atoms with E-state index in [0.29, 0.717) is 13.0 Å². The summed E-state index contributed by atoms with van der Waals surface area (Å²) in [5, 5.41) is 14.0. The Balaban J connectivity index is 1.55. The lowest BCUT2D eigenvalue weighted by Gasteiger charge is -2.28. The summed E-state index contributed by atoms with van der Waals surface area (Å²) in [7, 11) is 0. The van der Waals surface area contributed by atoms with E-state index in [0.717, 1.165) is 42.1 Å². The van der Waals surface area contributed by atoms with Crippen molar-refractivity contribution >= 4 is 16.8 Å². The Morgan fingerprint density at radius 3 is 2.96 bits per heavy atom. The number of aromatic nitrogens is 1.